The van der Waals surface area contributed by atoms with E-state index in [4.69, 9.17) is 9.47 Å². The van der Waals surface area contributed by atoms with Crippen molar-refractivity contribution in [3.8, 4) is 11.5 Å². The number of benzene rings is 1. The molecular weight excluding hydrogens is 282 g/mol. The third-order valence-electron chi connectivity index (χ3n) is 3.41. The number of carbonyl (C=O) groups excluding carboxylic acids is 1. The molecule has 1 atom stereocenters. The fraction of sp³-hybridized carbons (Fsp3) is 0.375. The second-order valence-electron chi connectivity index (χ2n) is 4.93. The number of carbonyl (C=O) groups is 1. The van der Waals surface area contributed by atoms with Crippen LogP contribution in [0.4, 0.5) is 0 Å². The molecule has 6 heteroatoms. The average molecular weight is 303 g/mol. The van der Waals surface area contributed by atoms with Crippen LogP contribution in [-0.4, -0.2) is 30.1 Å². The fourth-order valence-corrected chi connectivity index (χ4v) is 2.28. The fourth-order valence-electron chi connectivity index (χ4n) is 2.28. The van der Waals surface area contributed by atoms with Crippen molar-refractivity contribution in [3.63, 3.8) is 0 Å². The minimum Gasteiger partial charge on any atom is -0.493 e. The molecule has 0 aliphatic heterocycles. The third-order valence-corrected chi connectivity index (χ3v) is 3.41. The topological polar surface area (TPSA) is 76.2 Å². The first-order valence-electron chi connectivity index (χ1n) is 7.14. The second kappa shape index (κ2) is 6.98. The number of para-hydroxylation sites is 1. The maximum absolute atomic E-state index is 12.6. The smallest absolute Gasteiger partial charge is 0.255 e. The van der Waals surface area contributed by atoms with Crippen molar-refractivity contribution in [2.24, 2.45) is 0 Å². The number of hydrogen-bond acceptors (Lipinski definition) is 4. The minimum atomic E-state index is -0.225. The Labute approximate surface area is 129 Å². The number of aromatic amines is 1. The standard InChI is InChI=1S/C16H21N3O3/c1-5-12(15-17-9-10(2)18-15)19-16(20)11-7-6-8-13(21-3)14(11)22-4/h6-9,12H,5H2,1-4H3,(H,17,18)(H,19,20)/t12-/m1/s1. The number of aryl methyl sites for hydroxylation is 1. The highest BCUT2D eigenvalue weighted by atomic mass is 16.5. The lowest BCUT2D eigenvalue weighted by molar-refractivity contribution is 0.0930. The Hall–Kier alpha value is -2.50. The third kappa shape index (κ3) is 3.21. The van der Waals surface area contributed by atoms with E-state index in [1.54, 1.807) is 31.5 Å². The Balaban J connectivity index is 2.24. The highest BCUT2D eigenvalue weighted by Gasteiger charge is 2.21. The van der Waals surface area contributed by atoms with E-state index in [0.717, 1.165) is 17.9 Å². The Morgan fingerprint density at radius 1 is 1.36 bits per heavy atom. The van der Waals surface area contributed by atoms with E-state index in [-0.39, 0.29) is 11.9 Å². The summed E-state index contributed by atoms with van der Waals surface area (Å²) in [5, 5.41) is 2.97. The highest BCUT2D eigenvalue weighted by Crippen LogP contribution is 2.31. The molecule has 0 fully saturated rings. The largest absolute Gasteiger partial charge is 0.493 e. The van der Waals surface area contributed by atoms with Gasteiger partial charge in [-0.2, -0.15) is 0 Å². The van der Waals surface area contributed by atoms with Crippen molar-refractivity contribution in [1.29, 1.82) is 0 Å². The van der Waals surface area contributed by atoms with Crippen LogP contribution in [0.25, 0.3) is 0 Å². The lowest BCUT2D eigenvalue weighted by atomic mass is 10.1. The van der Waals surface area contributed by atoms with Gasteiger partial charge < -0.3 is 19.8 Å². The molecule has 2 aromatic rings. The zero-order valence-corrected chi connectivity index (χ0v) is 13.3. The maximum Gasteiger partial charge on any atom is 0.255 e. The summed E-state index contributed by atoms with van der Waals surface area (Å²) >= 11 is 0. The van der Waals surface area contributed by atoms with Crippen LogP contribution >= 0.6 is 0 Å². The summed E-state index contributed by atoms with van der Waals surface area (Å²) in [7, 11) is 3.06. The van der Waals surface area contributed by atoms with E-state index in [1.807, 2.05) is 13.8 Å². The molecule has 0 bridgehead atoms. The summed E-state index contributed by atoms with van der Waals surface area (Å²) in [5.74, 6) is 1.47. The number of methoxy groups -OCH3 is 2. The number of ether oxygens (including phenoxy) is 2. The van der Waals surface area contributed by atoms with Crippen molar-refractivity contribution in [1.82, 2.24) is 15.3 Å². The number of H-pyrrole nitrogens is 1. The van der Waals surface area contributed by atoms with Gasteiger partial charge in [-0.15, -0.1) is 0 Å². The first kappa shape index (κ1) is 15.9. The number of imidazole rings is 1. The van der Waals surface area contributed by atoms with Crippen molar-refractivity contribution in [2.45, 2.75) is 26.3 Å². The maximum atomic E-state index is 12.6. The quantitative estimate of drug-likeness (QED) is 0.860. The molecule has 2 N–H and O–H groups in total. The summed E-state index contributed by atoms with van der Waals surface area (Å²) in [6.07, 6.45) is 2.47. The van der Waals surface area contributed by atoms with Gasteiger partial charge in [0.1, 0.15) is 5.82 Å². The summed E-state index contributed by atoms with van der Waals surface area (Å²) in [5.41, 5.74) is 1.39. The molecular formula is C16H21N3O3. The molecule has 6 nitrogen and oxygen atoms in total. The van der Waals surface area contributed by atoms with Crippen LogP contribution in [0.5, 0.6) is 11.5 Å². The van der Waals surface area contributed by atoms with Gasteiger partial charge in [-0.1, -0.05) is 13.0 Å². The summed E-state index contributed by atoms with van der Waals surface area (Å²) < 4.78 is 10.5. The van der Waals surface area contributed by atoms with E-state index in [1.165, 1.54) is 7.11 Å². The summed E-state index contributed by atoms with van der Waals surface area (Å²) in [4.78, 5) is 20.0. The van der Waals surface area contributed by atoms with Gasteiger partial charge in [0.25, 0.3) is 5.91 Å². The Morgan fingerprint density at radius 2 is 2.14 bits per heavy atom. The van der Waals surface area contributed by atoms with E-state index in [9.17, 15) is 4.79 Å². The van der Waals surface area contributed by atoms with Crippen LogP contribution in [0.15, 0.2) is 24.4 Å². The molecule has 0 aliphatic carbocycles. The lowest BCUT2D eigenvalue weighted by Crippen LogP contribution is -2.29. The summed E-state index contributed by atoms with van der Waals surface area (Å²) in [6.45, 7) is 3.92. The number of rotatable bonds is 6. The summed E-state index contributed by atoms with van der Waals surface area (Å²) in [6, 6.07) is 5.03. The molecule has 22 heavy (non-hydrogen) atoms. The first-order chi connectivity index (χ1) is 10.6. The molecule has 1 heterocycles. The lowest BCUT2D eigenvalue weighted by Gasteiger charge is -2.17. The van der Waals surface area contributed by atoms with E-state index >= 15 is 0 Å². The average Bonchev–Trinajstić information content (AvgIpc) is 2.97. The van der Waals surface area contributed by atoms with Crippen LogP contribution in [0, 0.1) is 6.92 Å². The number of nitrogens with zero attached hydrogens (tertiary/aromatic N) is 1. The predicted molar refractivity (Wildman–Crippen MR) is 83.4 cm³/mol. The zero-order valence-electron chi connectivity index (χ0n) is 13.3. The van der Waals surface area contributed by atoms with Crippen LogP contribution in [0.1, 0.15) is 41.3 Å². The molecule has 0 saturated carbocycles. The van der Waals surface area contributed by atoms with Gasteiger partial charge in [0, 0.05) is 11.9 Å². The highest BCUT2D eigenvalue weighted by molar-refractivity contribution is 5.98. The normalized spacial score (nSPS) is 11.8. The van der Waals surface area contributed by atoms with Gasteiger partial charge in [-0.05, 0) is 25.5 Å². The van der Waals surface area contributed by atoms with Crippen molar-refractivity contribution in [2.75, 3.05) is 14.2 Å². The first-order valence-corrected chi connectivity index (χ1v) is 7.14. The molecule has 0 saturated heterocycles. The number of hydrogen-bond donors (Lipinski definition) is 2. The van der Waals surface area contributed by atoms with Crippen molar-refractivity contribution in [3.05, 3.63) is 41.5 Å². The molecule has 0 radical (unpaired) electrons. The molecule has 0 unspecified atom stereocenters. The molecule has 1 aromatic heterocycles. The van der Waals surface area contributed by atoms with Gasteiger partial charge in [0.05, 0.1) is 25.8 Å². The van der Waals surface area contributed by atoms with Crippen molar-refractivity contribution >= 4 is 5.91 Å². The molecule has 1 aromatic carbocycles. The number of amides is 1. The van der Waals surface area contributed by atoms with Crippen molar-refractivity contribution < 1.29 is 14.3 Å². The molecule has 0 spiro atoms. The van der Waals surface area contributed by atoms with Gasteiger partial charge in [0.2, 0.25) is 0 Å². The van der Waals surface area contributed by atoms with Gasteiger partial charge >= 0.3 is 0 Å². The Bertz CT molecular complexity index is 652. The van der Waals surface area contributed by atoms with Crippen LogP contribution < -0.4 is 14.8 Å². The zero-order chi connectivity index (χ0) is 16.1. The number of nitrogens with one attached hydrogen (secondary N) is 2. The minimum absolute atomic E-state index is 0.183. The van der Waals surface area contributed by atoms with Gasteiger partial charge in [-0.25, -0.2) is 4.98 Å². The number of aromatic nitrogens is 2. The molecule has 2 rings (SSSR count). The van der Waals surface area contributed by atoms with Crippen LogP contribution in [0.3, 0.4) is 0 Å². The van der Waals surface area contributed by atoms with Crippen LogP contribution in [-0.2, 0) is 0 Å². The van der Waals surface area contributed by atoms with Crippen LogP contribution in [0.2, 0.25) is 0 Å². The molecule has 0 aliphatic rings. The van der Waals surface area contributed by atoms with Gasteiger partial charge in [-0.3, -0.25) is 4.79 Å². The Kier molecular flexibility index (Phi) is 5.04. The van der Waals surface area contributed by atoms with E-state index in [2.05, 4.69) is 15.3 Å². The van der Waals surface area contributed by atoms with Gasteiger partial charge in [0.15, 0.2) is 11.5 Å². The SMILES string of the molecule is CC[C@@H](NC(=O)c1cccc(OC)c1OC)c1ncc(C)[nH]1. The monoisotopic (exact) mass is 303 g/mol. The van der Waals surface area contributed by atoms with E-state index < -0.39 is 0 Å². The Morgan fingerprint density at radius 3 is 2.68 bits per heavy atom. The predicted octanol–water partition coefficient (Wildman–Crippen LogP) is 2.62. The molecule has 118 valence electrons. The van der Waals surface area contributed by atoms with E-state index in [0.29, 0.717) is 17.1 Å². The molecule has 1 amide bonds. The second-order valence-corrected chi connectivity index (χ2v) is 4.93.